The number of alkyl halides is 3. The fraction of sp³-hybridized carbons (Fsp3) is 1.00. The van der Waals surface area contributed by atoms with Gasteiger partial charge in [-0.3, -0.25) is 0 Å². The fourth-order valence-corrected chi connectivity index (χ4v) is 1.47. The van der Waals surface area contributed by atoms with Crippen LogP contribution in [0.4, 0.5) is 13.2 Å². The van der Waals surface area contributed by atoms with E-state index in [1.165, 1.54) is 6.92 Å². The smallest absolute Gasteiger partial charge is 0.171 e. The highest BCUT2D eigenvalue weighted by Crippen LogP contribution is 2.37. The Morgan fingerprint density at radius 2 is 1.38 bits per heavy atom. The molecule has 0 bridgehead atoms. The van der Waals surface area contributed by atoms with Crippen molar-refractivity contribution in [3.05, 3.63) is 0 Å². The minimum Gasteiger partial charge on any atom is -0.171 e. The van der Waals surface area contributed by atoms with Crippen molar-refractivity contribution in [2.45, 2.75) is 47.2 Å². The zero-order valence-corrected chi connectivity index (χ0v) is 9.00. The van der Waals surface area contributed by atoms with Crippen LogP contribution in [0.15, 0.2) is 0 Å². The summed E-state index contributed by atoms with van der Waals surface area (Å²) in [5.74, 6) is -1.51. The van der Waals surface area contributed by atoms with Crippen molar-refractivity contribution in [3.8, 4) is 0 Å². The monoisotopic (exact) mass is 196 g/mol. The van der Waals surface area contributed by atoms with Gasteiger partial charge in [0.05, 0.1) is 5.92 Å². The third-order valence-corrected chi connectivity index (χ3v) is 2.30. The summed E-state index contributed by atoms with van der Waals surface area (Å²) in [4.78, 5) is 0. The molecule has 0 fully saturated rings. The summed E-state index contributed by atoms with van der Waals surface area (Å²) >= 11 is 0. The third kappa shape index (κ3) is 5.17. The molecule has 0 heterocycles. The Morgan fingerprint density at radius 3 is 1.62 bits per heavy atom. The lowest BCUT2D eigenvalue weighted by Gasteiger charge is -2.28. The largest absolute Gasteiger partial charge is 0.391 e. The molecule has 0 spiro atoms. The molecule has 0 aromatic rings. The van der Waals surface area contributed by atoms with Crippen LogP contribution in [0.5, 0.6) is 0 Å². The lowest BCUT2D eigenvalue weighted by atomic mass is 9.80. The van der Waals surface area contributed by atoms with Crippen molar-refractivity contribution in [3.63, 3.8) is 0 Å². The van der Waals surface area contributed by atoms with Crippen LogP contribution in [-0.4, -0.2) is 6.18 Å². The second kappa shape index (κ2) is 3.89. The zero-order valence-electron chi connectivity index (χ0n) is 9.00. The van der Waals surface area contributed by atoms with Gasteiger partial charge in [-0.1, -0.05) is 34.6 Å². The molecule has 3 heteroatoms. The van der Waals surface area contributed by atoms with Gasteiger partial charge in [0.2, 0.25) is 0 Å². The molecule has 0 aliphatic rings. The van der Waals surface area contributed by atoms with Gasteiger partial charge in [-0.25, -0.2) is 0 Å². The molecule has 0 aliphatic heterocycles. The van der Waals surface area contributed by atoms with Crippen LogP contribution >= 0.6 is 0 Å². The number of rotatable bonds is 2. The van der Waals surface area contributed by atoms with E-state index in [0.29, 0.717) is 6.42 Å². The maximum Gasteiger partial charge on any atom is 0.391 e. The maximum absolute atomic E-state index is 12.3. The van der Waals surface area contributed by atoms with E-state index in [1.54, 1.807) is 6.92 Å². The summed E-state index contributed by atoms with van der Waals surface area (Å²) in [6, 6.07) is 0. The second-order valence-electron chi connectivity index (χ2n) is 5.07. The number of halogens is 3. The predicted octanol–water partition coefficient (Wildman–Crippen LogP) is 4.26. The molecule has 2 atom stereocenters. The van der Waals surface area contributed by atoms with E-state index in [0.717, 1.165) is 0 Å². The van der Waals surface area contributed by atoms with Crippen molar-refractivity contribution in [1.82, 2.24) is 0 Å². The number of hydrogen-bond donors (Lipinski definition) is 0. The average molecular weight is 196 g/mol. The first kappa shape index (κ1) is 12.8. The fourth-order valence-electron chi connectivity index (χ4n) is 1.47. The van der Waals surface area contributed by atoms with Crippen molar-refractivity contribution >= 4 is 0 Å². The molecule has 0 saturated carbocycles. The first-order chi connectivity index (χ1) is 5.54. The van der Waals surface area contributed by atoms with Gasteiger partial charge in [-0.15, -0.1) is 0 Å². The lowest BCUT2D eigenvalue weighted by Crippen LogP contribution is -2.28. The quantitative estimate of drug-likeness (QED) is 0.619. The molecule has 80 valence electrons. The Hall–Kier alpha value is -0.210. The molecule has 0 nitrogen and oxygen atoms in total. The second-order valence-corrected chi connectivity index (χ2v) is 5.07. The van der Waals surface area contributed by atoms with E-state index in [4.69, 9.17) is 0 Å². The highest BCUT2D eigenvalue weighted by atomic mass is 19.4. The summed E-state index contributed by atoms with van der Waals surface area (Å²) < 4.78 is 36.8. The Labute approximate surface area is 78.5 Å². The molecule has 0 rings (SSSR count). The summed E-state index contributed by atoms with van der Waals surface area (Å²) in [6.07, 6.45) is -3.45. The van der Waals surface area contributed by atoms with Crippen LogP contribution in [0, 0.1) is 17.3 Å². The highest BCUT2D eigenvalue weighted by molar-refractivity contribution is 4.74. The van der Waals surface area contributed by atoms with Crippen LogP contribution < -0.4 is 0 Å². The summed E-state index contributed by atoms with van der Waals surface area (Å²) in [6.45, 7) is 8.82. The molecule has 0 radical (unpaired) electrons. The van der Waals surface area contributed by atoms with Gasteiger partial charge in [-0.05, 0) is 17.8 Å². The van der Waals surface area contributed by atoms with Gasteiger partial charge in [0.15, 0.2) is 0 Å². The third-order valence-electron chi connectivity index (χ3n) is 2.30. The van der Waals surface area contributed by atoms with Gasteiger partial charge in [0.1, 0.15) is 0 Å². The van der Waals surface area contributed by atoms with E-state index < -0.39 is 12.1 Å². The van der Waals surface area contributed by atoms with Crippen LogP contribution in [0.1, 0.15) is 41.0 Å². The normalized spacial score (nSPS) is 18.5. The molecule has 0 aromatic heterocycles. The maximum atomic E-state index is 12.3. The van der Waals surface area contributed by atoms with Gasteiger partial charge < -0.3 is 0 Å². The lowest BCUT2D eigenvalue weighted by molar-refractivity contribution is -0.184. The highest BCUT2D eigenvalue weighted by Gasteiger charge is 2.40. The molecule has 0 N–H and O–H groups in total. The van der Waals surface area contributed by atoms with Gasteiger partial charge in [0, 0.05) is 0 Å². The minimum absolute atomic E-state index is 0.0288. The number of hydrogen-bond acceptors (Lipinski definition) is 0. The van der Waals surface area contributed by atoms with E-state index >= 15 is 0 Å². The predicted molar refractivity (Wildman–Crippen MR) is 48.5 cm³/mol. The molecule has 0 aliphatic carbocycles. The van der Waals surface area contributed by atoms with E-state index in [2.05, 4.69) is 0 Å². The first-order valence-electron chi connectivity index (χ1n) is 4.61. The van der Waals surface area contributed by atoms with E-state index in [-0.39, 0.29) is 11.3 Å². The Morgan fingerprint density at radius 1 is 1.00 bits per heavy atom. The average Bonchev–Trinajstić information content (AvgIpc) is 1.79. The Balaban J connectivity index is 4.20. The minimum atomic E-state index is -4.05. The summed E-state index contributed by atoms with van der Waals surface area (Å²) in [7, 11) is 0. The molecule has 13 heavy (non-hydrogen) atoms. The van der Waals surface area contributed by atoms with Gasteiger partial charge in [0.25, 0.3) is 0 Å². The standard InChI is InChI=1S/C10H19F3/c1-7(6-9(3,4)5)8(2)10(11,12)13/h7-8H,6H2,1-5H3. The molecule has 0 amide bonds. The van der Waals surface area contributed by atoms with E-state index in [9.17, 15) is 13.2 Å². The van der Waals surface area contributed by atoms with Crippen LogP contribution in [0.25, 0.3) is 0 Å². The zero-order chi connectivity index (χ0) is 10.9. The molecule has 0 aromatic carbocycles. The van der Waals surface area contributed by atoms with Crippen LogP contribution in [0.3, 0.4) is 0 Å². The first-order valence-corrected chi connectivity index (χ1v) is 4.61. The molecular formula is C10H19F3. The van der Waals surface area contributed by atoms with E-state index in [1.807, 2.05) is 20.8 Å². The van der Waals surface area contributed by atoms with Gasteiger partial charge in [-0.2, -0.15) is 13.2 Å². The molecule has 2 unspecified atom stereocenters. The summed E-state index contributed by atoms with van der Waals surface area (Å²) in [5.41, 5.74) is -0.0288. The van der Waals surface area contributed by atoms with Crippen molar-refractivity contribution in [1.29, 1.82) is 0 Å². The Bertz CT molecular complexity index is 153. The summed E-state index contributed by atoms with van der Waals surface area (Å²) in [5, 5.41) is 0. The van der Waals surface area contributed by atoms with Gasteiger partial charge >= 0.3 is 6.18 Å². The van der Waals surface area contributed by atoms with Crippen molar-refractivity contribution in [2.24, 2.45) is 17.3 Å². The van der Waals surface area contributed by atoms with Crippen LogP contribution in [-0.2, 0) is 0 Å². The van der Waals surface area contributed by atoms with Crippen molar-refractivity contribution < 1.29 is 13.2 Å². The topological polar surface area (TPSA) is 0 Å². The van der Waals surface area contributed by atoms with Crippen LogP contribution in [0.2, 0.25) is 0 Å². The molecule has 0 saturated heterocycles. The Kier molecular flexibility index (Phi) is 3.82. The SMILES string of the molecule is CC(CC(C)(C)C)C(C)C(F)(F)F. The molecular weight excluding hydrogens is 177 g/mol. The van der Waals surface area contributed by atoms with Crippen molar-refractivity contribution in [2.75, 3.05) is 0 Å².